The molecule has 0 bridgehead atoms. The van der Waals surface area contributed by atoms with Crippen molar-refractivity contribution in [3.8, 4) is 10.7 Å². The van der Waals surface area contributed by atoms with Gasteiger partial charge in [0.2, 0.25) is 5.95 Å². The summed E-state index contributed by atoms with van der Waals surface area (Å²) in [5, 5.41) is 1.99. The van der Waals surface area contributed by atoms with Crippen molar-refractivity contribution in [2.24, 2.45) is 0 Å². The molecule has 0 atom stereocenters. The van der Waals surface area contributed by atoms with E-state index in [0.717, 1.165) is 17.1 Å². The zero-order valence-corrected chi connectivity index (χ0v) is 8.58. The van der Waals surface area contributed by atoms with Crippen molar-refractivity contribution in [2.45, 2.75) is 13.3 Å². The van der Waals surface area contributed by atoms with E-state index in [2.05, 4.69) is 15.0 Å². The third-order valence-corrected chi connectivity index (χ3v) is 2.62. The van der Waals surface area contributed by atoms with Crippen molar-refractivity contribution >= 4 is 17.3 Å². The standard InChI is InChI=1S/C9H10N4S/c1-2-7-11-8(13-9(10)12-7)6-4-3-5-14-6/h3-5H,2H2,1H3,(H2,10,11,12,13). The van der Waals surface area contributed by atoms with Crippen molar-refractivity contribution in [3.05, 3.63) is 23.3 Å². The van der Waals surface area contributed by atoms with E-state index in [0.29, 0.717) is 11.8 Å². The summed E-state index contributed by atoms with van der Waals surface area (Å²) < 4.78 is 0. The van der Waals surface area contributed by atoms with Gasteiger partial charge in [0.1, 0.15) is 5.82 Å². The Morgan fingerprint density at radius 2 is 2.21 bits per heavy atom. The zero-order chi connectivity index (χ0) is 9.97. The maximum Gasteiger partial charge on any atom is 0.223 e. The summed E-state index contributed by atoms with van der Waals surface area (Å²) in [5.41, 5.74) is 5.58. The lowest BCUT2D eigenvalue weighted by molar-refractivity contribution is 0.915. The van der Waals surface area contributed by atoms with Crippen LogP contribution in [0.1, 0.15) is 12.7 Å². The van der Waals surface area contributed by atoms with E-state index < -0.39 is 0 Å². The first-order valence-corrected chi connectivity index (χ1v) is 5.22. The van der Waals surface area contributed by atoms with Gasteiger partial charge in [-0.2, -0.15) is 9.97 Å². The highest BCUT2D eigenvalue weighted by molar-refractivity contribution is 7.13. The van der Waals surface area contributed by atoms with E-state index in [1.807, 2.05) is 24.4 Å². The van der Waals surface area contributed by atoms with E-state index >= 15 is 0 Å². The Morgan fingerprint density at radius 1 is 1.36 bits per heavy atom. The van der Waals surface area contributed by atoms with Crippen LogP contribution in [0.2, 0.25) is 0 Å². The molecule has 0 spiro atoms. The zero-order valence-electron chi connectivity index (χ0n) is 7.77. The molecule has 0 radical (unpaired) electrons. The molecule has 0 fully saturated rings. The molecule has 0 aliphatic heterocycles. The first kappa shape index (κ1) is 9.08. The Hall–Kier alpha value is -1.49. The highest BCUT2D eigenvalue weighted by atomic mass is 32.1. The van der Waals surface area contributed by atoms with Crippen molar-refractivity contribution in [2.75, 3.05) is 5.73 Å². The molecule has 2 rings (SSSR count). The molecule has 0 saturated carbocycles. The second kappa shape index (κ2) is 3.71. The molecule has 0 aliphatic carbocycles. The van der Waals surface area contributed by atoms with Crippen molar-refractivity contribution in [3.63, 3.8) is 0 Å². The lowest BCUT2D eigenvalue weighted by Crippen LogP contribution is -2.03. The fourth-order valence-corrected chi connectivity index (χ4v) is 1.77. The number of thiophene rings is 1. The van der Waals surface area contributed by atoms with Gasteiger partial charge in [-0.3, -0.25) is 0 Å². The molecule has 2 N–H and O–H groups in total. The van der Waals surface area contributed by atoms with Crippen LogP contribution < -0.4 is 5.73 Å². The van der Waals surface area contributed by atoms with E-state index in [1.165, 1.54) is 0 Å². The summed E-state index contributed by atoms with van der Waals surface area (Å²) in [6.07, 6.45) is 0.769. The number of nitrogen functional groups attached to an aromatic ring is 1. The SMILES string of the molecule is CCc1nc(N)nc(-c2cccs2)n1. The summed E-state index contributed by atoms with van der Waals surface area (Å²) >= 11 is 1.60. The summed E-state index contributed by atoms with van der Waals surface area (Å²) in [6.45, 7) is 1.99. The molecule has 0 unspecified atom stereocenters. The molecule has 4 nitrogen and oxygen atoms in total. The number of nitrogens with zero attached hydrogens (tertiary/aromatic N) is 3. The van der Waals surface area contributed by atoms with Gasteiger partial charge < -0.3 is 5.73 Å². The normalized spacial score (nSPS) is 10.4. The average Bonchev–Trinajstić information content (AvgIpc) is 2.69. The maximum atomic E-state index is 5.58. The molecule has 2 aromatic heterocycles. The predicted molar refractivity (Wildman–Crippen MR) is 56.9 cm³/mol. The largest absolute Gasteiger partial charge is 0.368 e. The van der Waals surface area contributed by atoms with Gasteiger partial charge in [0.15, 0.2) is 5.82 Å². The van der Waals surface area contributed by atoms with Gasteiger partial charge in [-0.1, -0.05) is 13.0 Å². The number of anilines is 1. The van der Waals surface area contributed by atoms with Gasteiger partial charge in [-0.15, -0.1) is 11.3 Å². The Kier molecular flexibility index (Phi) is 2.41. The Labute approximate surface area is 85.9 Å². The van der Waals surface area contributed by atoms with Crippen LogP contribution in [0.4, 0.5) is 5.95 Å². The monoisotopic (exact) mass is 206 g/mol. The van der Waals surface area contributed by atoms with Gasteiger partial charge >= 0.3 is 0 Å². The number of hydrogen-bond donors (Lipinski definition) is 1. The predicted octanol–water partition coefficient (Wildman–Crippen LogP) is 1.74. The van der Waals surface area contributed by atoms with Crippen molar-refractivity contribution in [1.29, 1.82) is 0 Å². The van der Waals surface area contributed by atoms with E-state index in [9.17, 15) is 0 Å². The molecule has 2 heterocycles. The summed E-state index contributed by atoms with van der Waals surface area (Å²) in [7, 11) is 0. The minimum Gasteiger partial charge on any atom is -0.368 e. The molecule has 5 heteroatoms. The van der Waals surface area contributed by atoms with Gasteiger partial charge in [0.25, 0.3) is 0 Å². The Balaban J connectivity index is 2.48. The smallest absolute Gasteiger partial charge is 0.223 e. The van der Waals surface area contributed by atoms with Crippen LogP contribution in [0.5, 0.6) is 0 Å². The average molecular weight is 206 g/mol. The molecular formula is C9H10N4S. The number of nitrogens with two attached hydrogens (primary N) is 1. The quantitative estimate of drug-likeness (QED) is 0.813. The highest BCUT2D eigenvalue weighted by Gasteiger charge is 2.05. The first-order valence-electron chi connectivity index (χ1n) is 4.34. The van der Waals surface area contributed by atoms with Gasteiger partial charge in [0, 0.05) is 6.42 Å². The second-order valence-corrected chi connectivity index (χ2v) is 3.71. The molecule has 72 valence electrons. The summed E-state index contributed by atoms with van der Waals surface area (Å²) in [4.78, 5) is 13.4. The third kappa shape index (κ3) is 1.72. The summed E-state index contributed by atoms with van der Waals surface area (Å²) in [6, 6.07) is 3.93. The fourth-order valence-electron chi connectivity index (χ4n) is 1.11. The number of hydrogen-bond acceptors (Lipinski definition) is 5. The minimum absolute atomic E-state index is 0.292. The Bertz CT molecular complexity index is 424. The molecule has 0 saturated heterocycles. The van der Waals surface area contributed by atoms with Crippen LogP contribution in [0.25, 0.3) is 10.7 Å². The van der Waals surface area contributed by atoms with Crippen LogP contribution in [0, 0.1) is 0 Å². The Morgan fingerprint density at radius 3 is 2.86 bits per heavy atom. The van der Waals surface area contributed by atoms with Crippen LogP contribution in [0.15, 0.2) is 17.5 Å². The van der Waals surface area contributed by atoms with Gasteiger partial charge in [-0.05, 0) is 11.4 Å². The second-order valence-electron chi connectivity index (χ2n) is 2.76. The lowest BCUT2D eigenvalue weighted by atomic mass is 10.4. The topological polar surface area (TPSA) is 64.7 Å². The van der Waals surface area contributed by atoms with E-state index in [1.54, 1.807) is 11.3 Å². The molecule has 0 aliphatic rings. The minimum atomic E-state index is 0.292. The fraction of sp³-hybridized carbons (Fsp3) is 0.222. The van der Waals surface area contributed by atoms with Crippen LogP contribution in [-0.2, 0) is 6.42 Å². The number of aryl methyl sites for hydroxylation is 1. The maximum absolute atomic E-state index is 5.58. The lowest BCUT2D eigenvalue weighted by Gasteiger charge is -2.00. The highest BCUT2D eigenvalue weighted by Crippen LogP contribution is 2.21. The molecule has 2 aromatic rings. The van der Waals surface area contributed by atoms with E-state index in [-0.39, 0.29) is 0 Å². The van der Waals surface area contributed by atoms with Crippen LogP contribution >= 0.6 is 11.3 Å². The number of rotatable bonds is 2. The summed E-state index contributed by atoms with van der Waals surface area (Å²) in [5.74, 6) is 1.70. The molecule has 0 aromatic carbocycles. The van der Waals surface area contributed by atoms with Gasteiger partial charge in [-0.25, -0.2) is 4.98 Å². The van der Waals surface area contributed by atoms with Crippen molar-refractivity contribution in [1.82, 2.24) is 15.0 Å². The van der Waals surface area contributed by atoms with Crippen LogP contribution in [0.3, 0.4) is 0 Å². The van der Waals surface area contributed by atoms with Crippen LogP contribution in [-0.4, -0.2) is 15.0 Å². The van der Waals surface area contributed by atoms with Gasteiger partial charge in [0.05, 0.1) is 4.88 Å². The number of aromatic nitrogens is 3. The molecular weight excluding hydrogens is 196 g/mol. The van der Waals surface area contributed by atoms with Crippen molar-refractivity contribution < 1.29 is 0 Å². The molecule has 14 heavy (non-hydrogen) atoms. The van der Waals surface area contributed by atoms with E-state index in [4.69, 9.17) is 5.73 Å². The third-order valence-electron chi connectivity index (χ3n) is 1.76. The first-order chi connectivity index (χ1) is 6.79. The molecule has 0 amide bonds.